The van der Waals surface area contributed by atoms with Crippen LogP contribution in [0.2, 0.25) is 0 Å². The van der Waals surface area contributed by atoms with Crippen molar-refractivity contribution in [2.45, 2.75) is 25.9 Å². The molecule has 1 aliphatic heterocycles. The maximum Gasteiger partial charge on any atom is 0.236 e. The van der Waals surface area contributed by atoms with Crippen LogP contribution in [0.5, 0.6) is 0 Å². The second kappa shape index (κ2) is 6.86. The predicted molar refractivity (Wildman–Crippen MR) is 81.6 cm³/mol. The zero-order valence-corrected chi connectivity index (χ0v) is 12.7. The van der Waals surface area contributed by atoms with Gasteiger partial charge in [-0.2, -0.15) is 0 Å². The molecule has 20 heavy (non-hydrogen) atoms. The van der Waals surface area contributed by atoms with E-state index in [-0.39, 0.29) is 5.91 Å². The molecule has 4 heteroatoms. The first-order valence-electron chi connectivity index (χ1n) is 7.27. The van der Waals surface area contributed by atoms with Crippen molar-refractivity contribution in [1.29, 1.82) is 0 Å². The SMILES string of the molecule is Cc1ccccc1CN(C)C(=O)CN(C)C1CCNC1. The highest BCUT2D eigenvalue weighted by molar-refractivity contribution is 5.78. The van der Waals surface area contributed by atoms with Crippen molar-refractivity contribution in [3.8, 4) is 0 Å². The van der Waals surface area contributed by atoms with Gasteiger partial charge >= 0.3 is 0 Å². The second-order valence-corrected chi connectivity index (χ2v) is 5.74. The Morgan fingerprint density at radius 1 is 1.35 bits per heavy atom. The molecule has 1 aromatic rings. The van der Waals surface area contributed by atoms with Crippen LogP contribution in [0.1, 0.15) is 17.5 Å². The van der Waals surface area contributed by atoms with Crippen LogP contribution in [0.15, 0.2) is 24.3 Å². The first-order valence-corrected chi connectivity index (χ1v) is 7.27. The van der Waals surface area contributed by atoms with Crippen molar-refractivity contribution in [3.05, 3.63) is 35.4 Å². The van der Waals surface area contributed by atoms with E-state index >= 15 is 0 Å². The minimum absolute atomic E-state index is 0.183. The molecule has 110 valence electrons. The van der Waals surface area contributed by atoms with Gasteiger partial charge in [0.15, 0.2) is 0 Å². The summed E-state index contributed by atoms with van der Waals surface area (Å²) in [5.74, 6) is 0.183. The number of aryl methyl sites for hydroxylation is 1. The van der Waals surface area contributed by atoms with Gasteiger partial charge in [-0.25, -0.2) is 0 Å². The number of benzene rings is 1. The third kappa shape index (κ3) is 3.81. The lowest BCUT2D eigenvalue weighted by atomic mass is 10.1. The number of rotatable bonds is 5. The number of nitrogens with zero attached hydrogens (tertiary/aromatic N) is 2. The molecule has 0 aromatic heterocycles. The summed E-state index contributed by atoms with van der Waals surface area (Å²) >= 11 is 0. The van der Waals surface area contributed by atoms with Gasteiger partial charge in [0.1, 0.15) is 0 Å². The topological polar surface area (TPSA) is 35.6 Å². The van der Waals surface area contributed by atoms with Crippen molar-refractivity contribution in [2.24, 2.45) is 0 Å². The van der Waals surface area contributed by atoms with Crippen molar-refractivity contribution in [2.75, 3.05) is 33.7 Å². The van der Waals surface area contributed by atoms with Crippen LogP contribution >= 0.6 is 0 Å². The summed E-state index contributed by atoms with van der Waals surface area (Å²) in [6.45, 7) is 5.31. The van der Waals surface area contributed by atoms with Crippen LogP contribution in [0.25, 0.3) is 0 Å². The van der Waals surface area contributed by atoms with Crippen LogP contribution in [-0.4, -0.2) is 55.5 Å². The molecular formula is C16H25N3O. The average molecular weight is 275 g/mol. The Bertz CT molecular complexity index is 455. The summed E-state index contributed by atoms with van der Waals surface area (Å²) in [7, 11) is 3.92. The molecule has 1 saturated heterocycles. The molecule has 1 unspecified atom stereocenters. The smallest absolute Gasteiger partial charge is 0.236 e. The molecule has 1 aromatic carbocycles. The summed E-state index contributed by atoms with van der Waals surface area (Å²) in [4.78, 5) is 16.3. The van der Waals surface area contributed by atoms with Crippen LogP contribution < -0.4 is 5.32 Å². The van der Waals surface area contributed by atoms with E-state index in [1.165, 1.54) is 11.1 Å². The molecule has 1 N–H and O–H groups in total. The van der Waals surface area contributed by atoms with E-state index in [4.69, 9.17) is 0 Å². The standard InChI is InChI=1S/C16H25N3O/c1-13-6-4-5-7-14(13)11-19(3)16(20)12-18(2)15-8-9-17-10-15/h4-7,15,17H,8-12H2,1-3H3. The van der Waals surface area contributed by atoms with Crippen LogP contribution in [-0.2, 0) is 11.3 Å². The number of nitrogens with one attached hydrogen (secondary N) is 1. The minimum Gasteiger partial charge on any atom is -0.340 e. The maximum atomic E-state index is 12.3. The molecule has 0 saturated carbocycles. The van der Waals surface area contributed by atoms with Crippen molar-refractivity contribution in [3.63, 3.8) is 0 Å². The summed E-state index contributed by atoms with van der Waals surface area (Å²) in [5.41, 5.74) is 2.45. The quantitative estimate of drug-likeness (QED) is 0.878. The number of likely N-dealkylation sites (N-methyl/N-ethyl adjacent to an activating group) is 2. The third-order valence-electron chi connectivity index (χ3n) is 4.14. The lowest BCUT2D eigenvalue weighted by molar-refractivity contribution is -0.131. The highest BCUT2D eigenvalue weighted by Crippen LogP contribution is 2.11. The van der Waals surface area contributed by atoms with Crippen LogP contribution in [0.4, 0.5) is 0 Å². The highest BCUT2D eigenvalue weighted by atomic mass is 16.2. The Morgan fingerprint density at radius 3 is 2.75 bits per heavy atom. The zero-order chi connectivity index (χ0) is 14.5. The van der Waals surface area contributed by atoms with Gasteiger partial charge < -0.3 is 10.2 Å². The fourth-order valence-electron chi connectivity index (χ4n) is 2.61. The Hall–Kier alpha value is -1.39. The molecule has 4 nitrogen and oxygen atoms in total. The van der Waals surface area contributed by atoms with E-state index in [9.17, 15) is 4.79 Å². The number of carbonyl (C=O) groups excluding carboxylic acids is 1. The van der Waals surface area contributed by atoms with Crippen LogP contribution in [0, 0.1) is 6.92 Å². The summed E-state index contributed by atoms with van der Waals surface area (Å²) in [6, 6.07) is 8.72. The molecule has 1 amide bonds. The largest absolute Gasteiger partial charge is 0.340 e. The van der Waals surface area contributed by atoms with Gasteiger partial charge in [0.05, 0.1) is 6.54 Å². The maximum absolute atomic E-state index is 12.3. The first kappa shape index (κ1) is 15.0. The number of hydrogen-bond donors (Lipinski definition) is 1. The molecule has 0 aliphatic carbocycles. The van der Waals surface area contributed by atoms with E-state index in [0.29, 0.717) is 19.1 Å². The molecule has 0 spiro atoms. The van der Waals surface area contributed by atoms with Gasteiger partial charge in [-0.15, -0.1) is 0 Å². The Morgan fingerprint density at radius 2 is 2.10 bits per heavy atom. The Labute approximate surface area is 121 Å². The van der Waals surface area contributed by atoms with Gasteiger partial charge in [-0.3, -0.25) is 9.69 Å². The van der Waals surface area contributed by atoms with Gasteiger partial charge in [0.25, 0.3) is 0 Å². The van der Waals surface area contributed by atoms with Crippen LogP contribution in [0.3, 0.4) is 0 Å². The fourth-order valence-corrected chi connectivity index (χ4v) is 2.61. The number of amides is 1. The minimum atomic E-state index is 0.183. The fraction of sp³-hybridized carbons (Fsp3) is 0.562. The summed E-state index contributed by atoms with van der Waals surface area (Å²) in [5, 5.41) is 3.34. The lowest BCUT2D eigenvalue weighted by Crippen LogP contribution is -2.42. The number of hydrogen-bond acceptors (Lipinski definition) is 3. The summed E-state index contributed by atoms with van der Waals surface area (Å²) < 4.78 is 0. The van der Waals surface area contributed by atoms with E-state index in [1.54, 1.807) is 0 Å². The van der Waals surface area contributed by atoms with E-state index < -0.39 is 0 Å². The molecule has 1 fully saturated rings. The van der Waals surface area contributed by atoms with E-state index in [2.05, 4.69) is 29.3 Å². The third-order valence-corrected chi connectivity index (χ3v) is 4.14. The highest BCUT2D eigenvalue weighted by Gasteiger charge is 2.22. The van der Waals surface area contributed by atoms with Gasteiger partial charge in [0, 0.05) is 26.2 Å². The van der Waals surface area contributed by atoms with Crippen molar-refractivity contribution >= 4 is 5.91 Å². The first-order chi connectivity index (χ1) is 9.58. The predicted octanol–water partition coefficient (Wildman–Crippen LogP) is 1.25. The van der Waals surface area contributed by atoms with Gasteiger partial charge in [0.2, 0.25) is 5.91 Å². The molecule has 2 rings (SSSR count). The van der Waals surface area contributed by atoms with Gasteiger partial charge in [-0.1, -0.05) is 24.3 Å². The van der Waals surface area contributed by atoms with Gasteiger partial charge in [-0.05, 0) is 38.1 Å². The summed E-state index contributed by atoms with van der Waals surface area (Å²) in [6.07, 6.45) is 1.13. The molecule has 0 bridgehead atoms. The molecule has 1 atom stereocenters. The molecule has 1 heterocycles. The number of carbonyl (C=O) groups is 1. The Kier molecular flexibility index (Phi) is 5.15. The van der Waals surface area contributed by atoms with Crippen molar-refractivity contribution < 1.29 is 4.79 Å². The molecule has 0 radical (unpaired) electrons. The second-order valence-electron chi connectivity index (χ2n) is 5.74. The normalized spacial score (nSPS) is 18.5. The monoisotopic (exact) mass is 275 g/mol. The Balaban J connectivity index is 1.87. The molecule has 1 aliphatic rings. The lowest BCUT2D eigenvalue weighted by Gasteiger charge is -2.26. The van der Waals surface area contributed by atoms with E-state index in [1.807, 2.05) is 31.1 Å². The zero-order valence-electron chi connectivity index (χ0n) is 12.7. The van der Waals surface area contributed by atoms with E-state index in [0.717, 1.165) is 19.5 Å². The van der Waals surface area contributed by atoms with Crippen molar-refractivity contribution in [1.82, 2.24) is 15.1 Å². The average Bonchev–Trinajstić information content (AvgIpc) is 2.95. The molecular weight excluding hydrogens is 250 g/mol.